The average Bonchev–Trinajstić information content (AvgIpc) is 3.10. The van der Waals surface area contributed by atoms with Gasteiger partial charge in [-0.2, -0.15) is 0 Å². The third-order valence-electron chi connectivity index (χ3n) is 6.28. The highest BCUT2D eigenvalue weighted by Gasteiger charge is 2.32. The highest BCUT2D eigenvalue weighted by molar-refractivity contribution is 6.40. The molecule has 0 radical (unpaired) electrons. The molecule has 2 unspecified atom stereocenters. The Balaban J connectivity index is 1.81. The summed E-state index contributed by atoms with van der Waals surface area (Å²) in [5.41, 5.74) is 8.46. The van der Waals surface area contributed by atoms with Crippen LogP contribution in [0.4, 0.5) is 0 Å². The summed E-state index contributed by atoms with van der Waals surface area (Å²) in [6.07, 6.45) is 5.49. The van der Waals surface area contributed by atoms with Crippen LogP contribution in [-0.4, -0.2) is 26.5 Å². The van der Waals surface area contributed by atoms with Gasteiger partial charge in [-0.15, -0.1) is 0 Å². The van der Waals surface area contributed by atoms with E-state index in [0.717, 1.165) is 12.0 Å². The molecule has 0 saturated heterocycles. The first-order valence-corrected chi connectivity index (χ1v) is 11.7. The Morgan fingerprint density at radius 3 is 2.25 bits per heavy atom. The van der Waals surface area contributed by atoms with Crippen LogP contribution in [0.3, 0.4) is 0 Å². The molecule has 2 aliphatic rings. The maximum Gasteiger partial charge on any atom is 0.395 e. The molecule has 4 rings (SSSR count). The van der Waals surface area contributed by atoms with E-state index in [2.05, 4.69) is 85.7 Å². The van der Waals surface area contributed by atoms with Crippen LogP contribution in [0, 0.1) is 5.92 Å². The second-order valence-corrected chi connectivity index (χ2v) is 9.73. The molecule has 142 valence electrons. The molecule has 0 saturated carbocycles. The van der Waals surface area contributed by atoms with E-state index in [-0.39, 0.29) is 5.92 Å². The molecule has 28 heavy (non-hydrogen) atoms. The van der Waals surface area contributed by atoms with Crippen LogP contribution in [-0.2, 0) is 4.46 Å². The molecule has 0 fully saturated rings. The molecule has 0 spiro atoms. The highest BCUT2D eigenvalue weighted by Crippen LogP contribution is 2.48. The van der Waals surface area contributed by atoms with Gasteiger partial charge in [0.25, 0.3) is 0 Å². The van der Waals surface area contributed by atoms with Crippen molar-refractivity contribution in [3.63, 3.8) is 0 Å². The standard InChI is InChI=1S/C25H27NOSi/c1-5-17(2)26(4)28(27)16-19-14-15-24-22-12-8-6-10-20(22)18(3)21-11-7-9-13-23(21)25(19)24/h6-15,17,19H,3,5,16H2,1-2,4H3. The molecule has 2 aromatic rings. The topological polar surface area (TPSA) is 20.3 Å². The number of fused-ring (bicyclic) bond motifs is 4. The zero-order valence-electron chi connectivity index (χ0n) is 16.9. The summed E-state index contributed by atoms with van der Waals surface area (Å²) in [4.78, 5) is 0. The van der Waals surface area contributed by atoms with Crippen molar-refractivity contribution in [1.82, 2.24) is 4.57 Å². The summed E-state index contributed by atoms with van der Waals surface area (Å²) < 4.78 is 15.2. The van der Waals surface area contributed by atoms with E-state index in [1.807, 2.05) is 7.05 Å². The van der Waals surface area contributed by atoms with E-state index >= 15 is 0 Å². The zero-order valence-corrected chi connectivity index (χ0v) is 17.9. The quantitative estimate of drug-likeness (QED) is 0.606. The Bertz CT molecular complexity index is 1020. The normalized spacial score (nSPS) is 18.2. The zero-order chi connectivity index (χ0) is 19.8. The maximum absolute atomic E-state index is 13.1. The van der Waals surface area contributed by atoms with E-state index in [9.17, 15) is 4.46 Å². The fourth-order valence-corrected chi connectivity index (χ4v) is 5.99. The fourth-order valence-electron chi connectivity index (χ4n) is 4.31. The Labute approximate surface area is 169 Å². The van der Waals surface area contributed by atoms with E-state index in [1.165, 1.54) is 33.4 Å². The molecule has 2 aliphatic carbocycles. The number of hydrogen-bond acceptors (Lipinski definition) is 1. The minimum absolute atomic E-state index is 0.174. The van der Waals surface area contributed by atoms with Gasteiger partial charge in [-0.1, -0.05) is 74.2 Å². The lowest BCUT2D eigenvalue weighted by Crippen LogP contribution is -2.37. The first-order chi connectivity index (χ1) is 13.5. The van der Waals surface area contributed by atoms with Crippen LogP contribution in [0.2, 0.25) is 6.04 Å². The van der Waals surface area contributed by atoms with E-state index in [1.54, 1.807) is 0 Å². The molecule has 3 heteroatoms. The number of rotatable bonds is 5. The summed E-state index contributed by atoms with van der Waals surface area (Å²) in [7, 11) is 0.162. The second-order valence-electron chi connectivity index (χ2n) is 7.83. The second kappa shape index (κ2) is 7.48. The van der Waals surface area contributed by atoms with Crippen LogP contribution in [0.1, 0.15) is 42.5 Å². The third-order valence-corrected chi connectivity index (χ3v) is 8.30. The fraction of sp³-hybridized carbons (Fsp3) is 0.280. The monoisotopic (exact) mass is 385 g/mol. The van der Waals surface area contributed by atoms with Crippen molar-refractivity contribution < 1.29 is 4.46 Å². The van der Waals surface area contributed by atoms with Gasteiger partial charge in [0.2, 0.25) is 0 Å². The Hall–Kier alpha value is -2.52. The summed E-state index contributed by atoms with van der Waals surface area (Å²) >= 11 is 0. The molecule has 0 aliphatic heterocycles. The first-order valence-electron chi connectivity index (χ1n) is 10.1. The van der Waals surface area contributed by atoms with E-state index in [4.69, 9.17) is 0 Å². The van der Waals surface area contributed by atoms with Gasteiger partial charge in [0.15, 0.2) is 0 Å². The smallest absolute Gasteiger partial charge is 0.378 e. The molecule has 0 heterocycles. The van der Waals surface area contributed by atoms with Crippen molar-refractivity contribution in [2.24, 2.45) is 5.92 Å². The third kappa shape index (κ3) is 3.04. The van der Waals surface area contributed by atoms with Gasteiger partial charge in [-0.3, -0.25) is 0 Å². The number of nitrogens with zero attached hydrogens (tertiary/aromatic N) is 1. The molecule has 2 aromatic carbocycles. The largest absolute Gasteiger partial charge is 0.395 e. The molecule has 2 nitrogen and oxygen atoms in total. The molecule has 0 aromatic heterocycles. The van der Waals surface area contributed by atoms with Crippen LogP contribution in [0.5, 0.6) is 0 Å². The number of allylic oxidation sites excluding steroid dienone is 4. The van der Waals surface area contributed by atoms with Gasteiger partial charge in [0, 0.05) is 25.1 Å². The van der Waals surface area contributed by atoms with Gasteiger partial charge in [-0.05, 0) is 52.3 Å². The lowest BCUT2D eigenvalue weighted by molar-refractivity contribution is 0.357. The predicted octanol–water partition coefficient (Wildman–Crippen LogP) is 5.81. The minimum Gasteiger partial charge on any atom is -0.378 e. The molecule has 2 atom stereocenters. The summed E-state index contributed by atoms with van der Waals surface area (Å²) in [6, 6.07) is 18.1. The van der Waals surface area contributed by atoms with Crippen LogP contribution in [0.25, 0.3) is 16.7 Å². The summed E-state index contributed by atoms with van der Waals surface area (Å²) in [5.74, 6) is 0.174. The lowest BCUT2D eigenvalue weighted by atomic mass is 9.90. The van der Waals surface area contributed by atoms with Gasteiger partial charge >= 0.3 is 8.84 Å². The number of hydrogen-bond donors (Lipinski definition) is 0. The summed E-state index contributed by atoms with van der Waals surface area (Å²) in [5, 5.41) is 0. The van der Waals surface area contributed by atoms with Crippen LogP contribution < -0.4 is 0 Å². The molecule has 0 N–H and O–H groups in total. The van der Waals surface area contributed by atoms with Crippen molar-refractivity contribution in [1.29, 1.82) is 0 Å². The summed E-state index contributed by atoms with van der Waals surface area (Å²) in [6.45, 7) is 8.72. The maximum atomic E-state index is 13.1. The van der Waals surface area contributed by atoms with E-state index < -0.39 is 8.84 Å². The van der Waals surface area contributed by atoms with Crippen molar-refractivity contribution >= 4 is 25.6 Å². The highest BCUT2D eigenvalue weighted by atomic mass is 28.3. The van der Waals surface area contributed by atoms with Crippen LogP contribution >= 0.6 is 0 Å². The average molecular weight is 386 g/mol. The van der Waals surface area contributed by atoms with Crippen molar-refractivity contribution in [3.8, 4) is 0 Å². The molecular formula is C25H27NOSi. The number of benzene rings is 2. The van der Waals surface area contributed by atoms with Gasteiger partial charge < -0.3 is 9.03 Å². The van der Waals surface area contributed by atoms with Gasteiger partial charge in [0.1, 0.15) is 0 Å². The van der Waals surface area contributed by atoms with E-state index in [0.29, 0.717) is 12.1 Å². The minimum atomic E-state index is -1.84. The Morgan fingerprint density at radius 1 is 1.04 bits per heavy atom. The molecular weight excluding hydrogens is 358 g/mol. The van der Waals surface area contributed by atoms with Gasteiger partial charge in [0.05, 0.1) is 0 Å². The van der Waals surface area contributed by atoms with Gasteiger partial charge in [-0.25, -0.2) is 0 Å². The van der Waals surface area contributed by atoms with Crippen molar-refractivity contribution in [3.05, 3.63) is 89.5 Å². The first kappa shape index (κ1) is 18.8. The Morgan fingerprint density at radius 2 is 1.61 bits per heavy atom. The molecule has 0 amide bonds. The lowest BCUT2D eigenvalue weighted by Gasteiger charge is -2.25. The SMILES string of the molecule is C=C1c2ccccc2C2=C(c3ccccc31)C(C[Si](=O)N(C)C(C)CC)C=C2. The molecule has 0 bridgehead atoms. The van der Waals surface area contributed by atoms with Crippen LogP contribution in [0.15, 0.2) is 67.3 Å². The predicted molar refractivity (Wildman–Crippen MR) is 119 cm³/mol. The Kier molecular flexibility index (Phi) is 5.03. The van der Waals surface area contributed by atoms with Crippen molar-refractivity contribution in [2.75, 3.05) is 7.05 Å². The van der Waals surface area contributed by atoms with Crippen molar-refractivity contribution in [2.45, 2.75) is 32.4 Å².